The maximum Gasteiger partial charge on any atom is 0.472 e. The second-order valence-electron chi connectivity index (χ2n) is 15.7. The molecule has 2 unspecified atom stereocenters. The number of hydrogen-bond donors (Lipinski definition) is 1. The minimum absolute atomic E-state index is 0.0692. The lowest BCUT2D eigenvalue weighted by Crippen LogP contribution is -2.37. The van der Waals surface area contributed by atoms with Crippen molar-refractivity contribution in [1.29, 1.82) is 0 Å². The Hall–Kier alpha value is -2.58. The van der Waals surface area contributed by atoms with E-state index < -0.39 is 13.9 Å². The summed E-state index contributed by atoms with van der Waals surface area (Å²) >= 11 is 0. The van der Waals surface area contributed by atoms with Crippen molar-refractivity contribution in [1.82, 2.24) is 0 Å². The lowest BCUT2D eigenvalue weighted by molar-refractivity contribution is -0.870. The third kappa shape index (κ3) is 44.5. The molecule has 0 radical (unpaired) electrons. The molecule has 332 valence electrons. The molecule has 0 heterocycles. The number of phosphoric acid groups is 1. The summed E-state index contributed by atoms with van der Waals surface area (Å²) in [5.74, 6) is -0.352. The van der Waals surface area contributed by atoms with E-state index in [-0.39, 0.29) is 25.8 Å². The van der Waals surface area contributed by atoms with Crippen molar-refractivity contribution in [2.45, 2.75) is 155 Å². The molecule has 0 rings (SSSR count). The molecule has 8 nitrogen and oxygen atoms in total. The quantitative estimate of drug-likeness (QED) is 0.0216. The average molecular weight is 831 g/mol. The number of carbonyl (C=O) groups is 1. The Bertz CT molecular complexity index is 1240. The van der Waals surface area contributed by atoms with Gasteiger partial charge in [0.25, 0.3) is 0 Å². The molecule has 0 amide bonds. The van der Waals surface area contributed by atoms with Gasteiger partial charge in [0.1, 0.15) is 19.3 Å². The number of allylic oxidation sites excluding steroid dienone is 16. The van der Waals surface area contributed by atoms with Crippen molar-refractivity contribution in [2.24, 2.45) is 0 Å². The summed E-state index contributed by atoms with van der Waals surface area (Å²) in [6.07, 6.45) is 56.0. The van der Waals surface area contributed by atoms with Crippen molar-refractivity contribution in [3.05, 3.63) is 97.2 Å². The van der Waals surface area contributed by atoms with Crippen LogP contribution in [0.5, 0.6) is 0 Å². The van der Waals surface area contributed by atoms with E-state index in [0.29, 0.717) is 24.1 Å². The van der Waals surface area contributed by atoms with Gasteiger partial charge in [-0.3, -0.25) is 13.8 Å². The van der Waals surface area contributed by atoms with E-state index in [1.807, 2.05) is 21.1 Å². The summed E-state index contributed by atoms with van der Waals surface area (Å²) in [4.78, 5) is 22.9. The van der Waals surface area contributed by atoms with Crippen LogP contribution >= 0.6 is 7.82 Å². The van der Waals surface area contributed by atoms with Crippen molar-refractivity contribution in [3.63, 3.8) is 0 Å². The molecule has 0 aromatic heterocycles. The van der Waals surface area contributed by atoms with Gasteiger partial charge >= 0.3 is 13.8 Å². The average Bonchev–Trinajstić information content (AvgIpc) is 3.18. The first kappa shape index (κ1) is 55.4. The highest BCUT2D eigenvalue weighted by molar-refractivity contribution is 7.47. The third-order valence-electron chi connectivity index (χ3n) is 8.88. The van der Waals surface area contributed by atoms with E-state index in [9.17, 15) is 14.3 Å². The van der Waals surface area contributed by atoms with E-state index in [0.717, 1.165) is 96.3 Å². The number of phosphoric ester groups is 1. The Labute approximate surface area is 356 Å². The number of hydrogen-bond acceptors (Lipinski definition) is 6. The molecule has 0 aliphatic rings. The highest BCUT2D eigenvalue weighted by Crippen LogP contribution is 2.43. The van der Waals surface area contributed by atoms with Crippen molar-refractivity contribution >= 4 is 13.8 Å². The van der Waals surface area contributed by atoms with Gasteiger partial charge < -0.3 is 18.9 Å². The van der Waals surface area contributed by atoms with Gasteiger partial charge in [-0.15, -0.1) is 0 Å². The number of esters is 1. The topological polar surface area (TPSA) is 91.3 Å². The highest BCUT2D eigenvalue weighted by atomic mass is 31.2. The number of carbonyl (C=O) groups excluding carboxylic acids is 1. The van der Waals surface area contributed by atoms with Gasteiger partial charge in [0.05, 0.1) is 34.4 Å². The maximum atomic E-state index is 12.7. The minimum Gasteiger partial charge on any atom is -0.457 e. The first-order valence-electron chi connectivity index (χ1n) is 22.5. The molecular weight excluding hydrogens is 746 g/mol. The standard InChI is InChI=1S/C49H84NO7P/c1-6-8-10-12-14-16-18-20-22-24-25-26-27-29-31-33-35-37-39-41-44-54-46-48(47-56-58(52,53)55-45-43-50(3,4)5)57-49(51)42-40-38-36-34-32-30-28-23-21-19-17-15-13-11-9-7-2/h8,10,14,16-17,19-20,22-23,25-26,28-29,31,35,37,48H,6-7,9,11-13,15,18,21,24,27,30,32-34,36,38-47H2,1-5H3/p+1/b10-8-,16-14-,19-17-,22-20-,26-25-,28-23-,31-29-,37-35-. The van der Waals surface area contributed by atoms with Crippen LogP contribution < -0.4 is 0 Å². The molecule has 0 spiro atoms. The number of likely N-dealkylation sites (N-methyl/N-ethyl adjacent to an activating group) is 1. The monoisotopic (exact) mass is 831 g/mol. The fraction of sp³-hybridized carbons (Fsp3) is 0.653. The molecule has 0 aromatic rings. The zero-order chi connectivity index (χ0) is 42.7. The molecule has 9 heteroatoms. The molecule has 0 saturated carbocycles. The normalized spacial score (nSPS) is 14.7. The summed E-state index contributed by atoms with van der Waals surface area (Å²) in [6, 6.07) is 0. The van der Waals surface area contributed by atoms with Gasteiger partial charge in [0.15, 0.2) is 0 Å². The van der Waals surface area contributed by atoms with E-state index in [2.05, 4.69) is 111 Å². The molecule has 58 heavy (non-hydrogen) atoms. The van der Waals surface area contributed by atoms with Gasteiger partial charge in [0, 0.05) is 13.0 Å². The predicted octanol–water partition coefficient (Wildman–Crippen LogP) is 13.4. The highest BCUT2D eigenvalue weighted by Gasteiger charge is 2.26. The van der Waals surface area contributed by atoms with Crippen LogP contribution in [-0.2, 0) is 27.9 Å². The predicted molar refractivity (Wildman–Crippen MR) is 247 cm³/mol. The van der Waals surface area contributed by atoms with Gasteiger partial charge in [-0.05, 0) is 89.9 Å². The molecular formula is C49H85NO7P+. The van der Waals surface area contributed by atoms with Crippen LogP contribution in [0.3, 0.4) is 0 Å². The van der Waals surface area contributed by atoms with Crippen molar-refractivity contribution in [2.75, 3.05) is 54.1 Å². The zero-order valence-electron chi connectivity index (χ0n) is 37.5. The summed E-state index contributed by atoms with van der Waals surface area (Å²) in [5, 5.41) is 0. The van der Waals surface area contributed by atoms with Crippen LogP contribution in [0.25, 0.3) is 0 Å². The Morgan fingerprint density at radius 2 is 1.00 bits per heavy atom. The molecule has 0 bridgehead atoms. The van der Waals surface area contributed by atoms with Crippen LogP contribution in [0, 0.1) is 0 Å². The number of rotatable bonds is 40. The number of ether oxygens (including phenoxy) is 2. The molecule has 0 fully saturated rings. The molecule has 1 N–H and O–H groups in total. The lowest BCUT2D eigenvalue weighted by Gasteiger charge is -2.24. The Morgan fingerprint density at radius 3 is 1.50 bits per heavy atom. The smallest absolute Gasteiger partial charge is 0.457 e. The van der Waals surface area contributed by atoms with E-state index >= 15 is 0 Å². The summed E-state index contributed by atoms with van der Waals surface area (Å²) in [7, 11) is 1.60. The largest absolute Gasteiger partial charge is 0.472 e. The fourth-order valence-electron chi connectivity index (χ4n) is 5.42. The summed E-state index contributed by atoms with van der Waals surface area (Å²) < 4.78 is 34.9. The first-order chi connectivity index (χ1) is 28.1. The number of quaternary nitrogens is 1. The van der Waals surface area contributed by atoms with Crippen LogP contribution in [0.1, 0.15) is 149 Å². The fourth-order valence-corrected chi connectivity index (χ4v) is 6.16. The van der Waals surface area contributed by atoms with E-state index in [4.69, 9.17) is 18.5 Å². The van der Waals surface area contributed by atoms with Crippen LogP contribution in [0.15, 0.2) is 97.2 Å². The van der Waals surface area contributed by atoms with Gasteiger partial charge in [-0.2, -0.15) is 0 Å². The molecule has 2 atom stereocenters. The second-order valence-corrected chi connectivity index (χ2v) is 17.1. The Balaban J connectivity index is 4.39. The van der Waals surface area contributed by atoms with E-state index in [1.165, 1.54) is 32.1 Å². The Kier molecular flexibility index (Phi) is 39.3. The molecule has 0 aromatic carbocycles. The third-order valence-corrected chi connectivity index (χ3v) is 9.86. The van der Waals surface area contributed by atoms with Crippen LogP contribution in [-0.4, -0.2) is 75.6 Å². The van der Waals surface area contributed by atoms with Crippen molar-refractivity contribution in [3.8, 4) is 0 Å². The Morgan fingerprint density at radius 1 is 0.552 bits per heavy atom. The maximum absolute atomic E-state index is 12.7. The van der Waals surface area contributed by atoms with Gasteiger partial charge in [-0.25, -0.2) is 4.57 Å². The van der Waals surface area contributed by atoms with Gasteiger partial charge in [0.2, 0.25) is 0 Å². The SMILES string of the molecule is CC/C=C\C/C=C\C/C=C\C/C=C\C/C=C\C/C=C\CCCOCC(COP(=O)(O)OCC[N+](C)(C)C)OC(=O)CCCCCCC/C=C\C/C=C\CCCCCC. The molecule has 0 aliphatic carbocycles. The van der Waals surface area contributed by atoms with Crippen molar-refractivity contribution < 1.29 is 37.3 Å². The second kappa shape index (κ2) is 41.2. The number of unbranched alkanes of at least 4 members (excludes halogenated alkanes) is 10. The number of nitrogens with zero attached hydrogens (tertiary/aromatic N) is 1. The molecule has 0 aliphatic heterocycles. The summed E-state index contributed by atoms with van der Waals surface area (Å²) in [6.45, 7) is 5.28. The summed E-state index contributed by atoms with van der Waals surface area (Å²) in [5.41, 5.74) is 0. The molecule has 0 saturated heterocycles. The zero-order valence-corrected chi connectivity index (χ0v) is 38.4. The van der Waals surface area contributed by atoms with Gasteiger partial charge in [-0.1, -0.05) is 150 Å². The van der Waals surface area contributed by atoms with E-state index in [1.54, 1.807) is 0 Å². The minimum atomic E-state index is -4.30. The first-order valence-corrected chi connectivity index (χ1v) is 24.0. The van der Waals surface area contributed by atoms with Crippen LogP contribution in [0.4, 0.5) is 0 Å². The van der Waals surface area contributed by atoms with Crippen LogP contribution in [0.2, 0.25) is 0 Å². The lowest BCUT2D eigenvalue weighted by atomic mass is 10.1.